The molecule has 0 unspecified atom stereocenters. The van der Waals surface area contributed by atoms with Crippen LogP contribution in [0.1, 0.15) is 17.7 Å². The van der Waals surface area contributed by atoms with E-state index in [0.717, 1.165) is 54.3 Å². The first-order chi connectivity index (χ1) is 11.6. The molecule has 2 heterocycles. The van der Waals surface area contributed by atoms with Gasteiger partial charge in [0.05, 0.1) is 12.8 Å². The van der Waals surface area contributed by atoms with Crippen molar-refractivity contribution >= 4 is 15.9 Å². The van der Waals surface area contributed by atoms with Gasteiger partial charge in [0, 0.05) is 17.6 Å². The van der Waals surface area contributed by atoms with Crippen LogP contribution in [0.5, 0.6) is 11.5 Å². The summed E-state index contributed by atoms with van der Waals surface area (Å²) in [7, 11) is 4.20. The molecule has 0 bridgehead atoms. The van der Waals surface area contributed by atoms with Crippen LogP contribution in [-0.4, -0.2) is 43.8 Å². The molecule has 0 amide bonds. The second kappa shape index (κ2) is 8.05. The summed E-state index contributed by atoms with van der Waals surface area (Å²) in [4.78, 5) is 4.60. The minimum atomic E-state index is 0.296. The van der Waals surface area contributed by atoms with Gasteiger partial charge in [-0.1, -0.05) is 15.9 Å². The van der Waals surface area contributed by atoms with Gasteiger partial charge >= 0.3 is 0 Å². The molecule has 1 aromatic carbocycles. The Bertz CT molecular complexity index is 659. The molecule has 1 aromatic heterocycles. The van der Waals surface area contributed by atoms with Crippen molar-refractivity contribution in [1.29, 1.82) is 0 Å². The molecule has 0 saturated carbocycles. The normalized spacial score (nSPS) is 13.2. The van der Waals surface area contributed by atoms with Crippen LogP contribution in [0.15, 0.2) is 39.4 Å². The standard InChI is InChI=1S/C18H23BrN2O3/c1-20(2)6-4-7-21(12-15-5-3-8-22-15)11-14-9-17-18(10-16(14)19)24-13-23-17/h3,5,8-10H,4,6-7,11-13H2,1-2H3. The maximum Gasteiger partial charge on any atom is 0.231 e. The summed E-state index contributed by atoms with van der Waals surface area (Å²) < 4.78 is 17.5. The van der Waals surface area contributed by atoms with Gasteiger partial charge in [-0.25, -0.2) is 0 Å². The number of benzene rings is 1. The number of hydrogen-bond acceptors (Lipinski definition) is 5. The van der Waals surface area contributed by atoms with Crippen molar-refractivity contribution in [2.45, 2.75) is 19.5 Å². The Balaban J connectivity index is 1.70. The molecule has 0 fully saturated rings. The molecule has 0 N–H and O–H groups in total. The van der Waals surface area contributed by atoms with Gasteiger partial charge in [-0.2, -0.15) is 0 Å². The van der Waals surface area contributed by atoms with E-state index in [1.165, 1.54) is 5.56 Å². The van der Waals surface area contributed by atoms with Crippen LogP contribution in [-0.2, 0) is 13.1 Å². The Kier molecular flexibility index (Phi) is 5.81. The fourth-order valence-electron chi connectivity index (χ4n) is 2.77. The van der Waals surface area contributed by atoms with Gasteiger partial charge in [-0.3, -0.25) is 4.90 Å². The first-order valence-corrected chi connectivity index (χ1v) is 8.88. The van der Waals surface area contributed by atoms with E-state index in [1.807, 2.05) is 18.2 Å². The highest BCUT2D eigenvalue weighted by Crippen LogP contribution is 2.37. The molecule has 3 rings (SSSR count). The average molecular weight is 395 g/mol. The fraction of sp³-hybridized carbons (Fsp3) is 0.444. The minimum Gasteiger partial charge on any atom is -0.468 e. The zero-order valence-electron chi connectivity index (χ0n) is 14.1. The average Bonchev–Trinajstić information content (AvgIpc) is 3.18. The highest BCUT2D eigenvalue weighted by atomic mass is 79.9. The molecular weight excluding hydrogens is 372 g/mol. The van der Waals surface area contributed by atoms with Crippen molar-refractivity contribution in [2.24, 2.45) is 0 Å². The van der Waals surface area contributed by atoms with E-state index in [9.17, 15) is 0 Å². The Morgan fingerprint density at radius 3 is 2.58 bits per heavy atom. The quantitative estimate of drug-likeness (QED) is 0.681. The number of halogens is 1. The van der Waals surface area contributed by atoms with Crippen LogP contribution in [0.2, 0.25) is 0 Å². The molecular formula is C18H23BrN2O3. The van der Waals surface area contributed by atoms with Crippen molar-refractivity contribution in [3.63, 3.8) is 0 Å². The zero-order chi connectivity index (χ0) is 16.9. The molecule has 1 aliphatic heterocycles. The monoisotopic (exact) mass is 394 g/mol. The number of hydrogen-bond donors (Lipinski definition) is 0. The van der Waals surface area contributed by atoms with E-state index in [4.69, 9.17) is 13.9 Å². The number of furan rings is 1. The third kappa shape index (κ3) is 4.53. The van der Waals surface area contributed by atoms with E-state index >= 15 is 0 Å². The lowest BCUT2D eigenvalue weighted by atomic mass is 10.1. The zero-order valence-corrected chi connectivity index (χ0v) is 15.7. The van der Waals surface area contributed by atoms with Crippen LogP contribution in [0.25, 0.3) is 0 Å². The molecule has 0 aliphatic carbocycles. The summed E-state index contributed by atoms with van der Waals surface area (Å²) in [6, 6.07) is 8.01. The second-order valence-corrected chi connectivity index (χ2v) is 7.10. The SMILES string of the molecule is CN(C)CCCN(Cc1ccco1)Cc1cc2c(cc1Br)OCO2. The highest BCUT2D eigenvalue weighted by Gasteiger charge is 2.18. The minimum absolute atomic E-state index is 0.296. The third-order valence-electron chi connectivity index (χ3n) is 3.97. The van der Waals surface area contributed by atoms with Gasteiger partial charge in [0.15, 0.2) is 11.5 Å². The molecule has 0 atom stereocenters. The number of fused-ring (bicyclic) bond motifs is 1. The van der Waals surface area contributed by atoms with Crippen molar-refractivity contribution in [2.75, 3.05) is 34.0 Å². The van der Waals surface area contributed by atoms with E-state index in [-0.39, 0.29) is 0 Å². The molecule has 5 nitrogen and oxygen atoms in total. The summed E-state index contributed by atoms with van der Waals surface area (Å²) in [5, 5.41) is 0. The Hall–Kier alpha value is -1.50. The third-order valence-corrected chi connectivity index (χ3v) is 4.71. The number of ether oxygens (including phenoxy) is 2. The van der Waals surface area contributed by atoms with E-state index in [2.05, 4.69) is 45.9 Å². The number of rotatable bonds is 8. The molecule has 6 heteroatoms. The highest BCUT2D eigenvalue weighted by molar-refractivity contribution is 9.10. The topological polar surface area (TPSA) is 38.1 Å². The first-order valence-electron chi connectivity index (χ1n) is 8.09. The van der Waals surface area contributed by atoms with Gasteiger partial charge in [0.25, 0.3) is 0 Å². The first kappa shape index (κ1) is 17.3. The van der Waals surface area contributed by atoms with Crippen LogP contribution in [0.3, 0.4) is 0 Å². The molecule has 130 valence electrons. The summed E-state index contributed by atoms with van der Waals surface area (Å²) in [6.07, 6.45) is 2.83. The molecule has 1 aliphatic rings. The van der Waals surface area contributed by atoms with Crippen molar-refractivity contribution in [3.8, 4) is 11.5 Å². The predicted molar refractivity (Wildman–Crippen MR) is 96.3 cm³/mol. The summed E-state index contributed by atoms with van der Waals surface area (Å²) in [5.41, 5.74) is 1.19. The molecule has 0 radical (unpaired) electrons. The van der Waals surface area contributed by atoms with Crippen molar-refractivity contribution in [3.05, 3.63) is 46.3 Å². The lowest BCUT2D eigenvalue weighted by Crippen LogP contribution is -2.26. The lowest BCUT2D eigenvalue weighted by molar-refractivity contribution is 0.174. The fourth-order valence-corrected chi connectivity index (χ4v) is 3.22. The van der Waals surface area contributed by atoms with Gasteiger partial charge < -0.3 is 18.8 Å². The van der Waals surface area contributed by atoms with Crippen LogP contribution in [0.4, 0.5) is 0 Å². The number of nitrogens with zero attached hydrogens (tertiary/aromatic N) is 2. The van der Waals surface area contributed by atoms with Gasteiger partial charge in [-0.15, -0.1) is 0 Å². The van der Waals surface area contributed by atoms with Crippen LogP contribution < -0.4 is 9.47 Å². The molecule has 0 saturated heterocycles. The predicted octanol–water partition coefficient (Wildman–Crippen LogP) is 3.72. The summed E-state index contributed by atoms with van der Waals surface area (Å²) in [6.45, 7) is 3.98. The van der Waals surface area contributed by atoms with Crippen LogP contribution in [0, 0.1) is 0 Å². The van der Waals surface area contributed by atoms with Gasteiger partial charge in [0.2, 0.25) is 6.79 Å². The lowest BCUT2D eigenvalue weighted by Gasteiger charge is -2.23. The Labute approximate surface area is 151 Å². The second-order valence-electron chi connectivity index (χ2n) is 6.24. The van der Waals surface area contributed by atoms with Crippen molar-refractivity contribution in [1.82, 2.24) is 9.80 Å². The molecule has 0 spiro atoms. The van der Waals surface area contributed by atoms with Gasteiger partial charge in [0.1, 0.15) is 5.76 Å². The molecule has 24 heavy (non-hydrogen) atoms. The van der Waals surface area contributed by atoms with E-state index in [0.29, 0.717) is 6.79 Å². The maximum atomic E-state index is 5.52. The molecule has 2 aromatic rings. The Morgan fingerprint density at radius 2 is 1.88 bits per heavy atom. The van der Waals surface area contributed by atoms with Crippen molar-refractivity contribution < 1.29 is 13.9 Å². The maximum absolute atomic E-state index is 5.52. The van der Waals surface area contributed by atoms with E-state index in [1.54, 1.807) is 6.26 Å². The van der Waals surface area contributed by atoms with E-state index < -0.39 is 0 Å². The largest absolute Gasteiger partial charge is 0.468 e. The summed E-state index contributed by atoms with van der Waals surface area (Å²) >= 11 is 3.65. The summed E-state index contributed by atoms with van der Waals surface area (Å²) in [5.74, 6) is 2.60. The smallest absolute Gasteiger partial charge is 0.231 e. The van der Waals surface area contributed by atoms with Gasteiger partial charge in [-0.05, 0) is 56.9 Å². The Morgan fingerprint density at radius 1 is 1.08 bits per heavy atom. The van der Waals surface area contributed by atoms with Crippen LogP contribution >= 0.6 is 15.9 Å².